The second-order valence-electron chi connectivity index (χ2n) is 5.40. The lowest BCUT2D eigenvalue weighted by atomic mass is 10.1. The number of amides is 2. The average molecular weight is 471 g/mol. The van der Waals surface area contributed by atoms with Crippen molar-refractivity contribution < 1.29 is 19.1 Å². The van der Waals surface area contributed by atoms with Crippen LogP contribution in [0.5, 0.6) is 11.5 Å². The van der Waals surface area contributed by atoms with Gasteiger partial charge in [0.15, 0.2) is 11.5 Å². The van der Waals surface area contributed by atoms with Gasteiger partial charge >= 0.3 is 0 Å². The SMILES string of the molecule is C#CCN1C(=O)S/C(=C/c2cc(I)c(OC(C)C)c(OCC)c2)C1=O. The summed E-state index contributed by atoms with van der Waals surface area (Å²) < 4.78 is 12.4. The molecule has 5 nitrogen and oxygen atoms in total. The van der Waals surface area contributed by atoms with Gasteiger partial charge in [0.25, 0.3) is 11.1 Å². The Labute approximate surface area is 165 Å². The third-order valence-electron chi connectivity index (χ3n) is 3.11. The monoisotopic (exact) mass is 471 g/mol. The van der Waals surface area contributed by atoms with Crippen LogP contribution < -0.4 is 9.47 Å². The Balaban J connectivity index is 2.39. The standard InChI is InChI=1S/C18H18INO4S/c1-5-7-20-17(21)15(25-18(20)22)10-12-8-13(19)16(24-11(3)4)14(9-12)23-6-2/h1,8-11H,6-7H2,2-4H3/b15-10+. The molecule has 1 aromatic rings. The van der Waals surface area contributed by atoms with Gasteiger partial charge in [-0.25, -0.2) is 0 Å². The van der Waals surface area contributed by atoms with Gasteiger partial charge in [0, 0.05) is 0 Å². The van der Waals surface area contributed by atoms with E-state index in [1.165, 1.54) is 0 Å². The summed E-state index contributed by atoms with van der Waals surface area (Å²) in [6.07, 6.45) is 6.89. The summed E-state index contributed by atoms with van der Waals surface area (Å²) in [7, 11) is 0. The van der Waals surface area contributed by atoms with E-state index >= 15 is 0 Å². The molecule has 0 aromatic heterocycles. The van der Waals surface area contributed by atoms with Crippen molar-refractivity contribution >= 4 is 51.6 Å². The van der Waals surface area contributed by atoms with Crippen LogP contribution >= 0.6 is 34.4 Å². The van der Waals surface area contributed by atoms with Crippen LogP contribution in [0, 0.1) is 15.9 Å². The normalized spacial score (nSPS) is 15.8. The minimum Gasteiger partial charge on any atom is -0.490 e. The van der Waals surface area contributed by atoms with Crippen molar-refractivity contribution in [3.8, 4) is 23.8 Å². The van der Waals surface area contributed by atoms with Crippen molar-refractivity contribution in [1.29, 1.82) is 0 Å². The maximum Gasteiger partial charge on any atom is 0.294 e. The molecule has 0 spiro atoms. The number of terminal acetylenes is 1. The van der Waals surface area contributed by atoms with Crippen molar-refractivity contribution in [2.75, 3.05) is 13.2 Å². The fourth-order valence-electron chi connectivity index (χ4n) is 2.16. The van der Waals surface area contributed by atoms with Crippen LogP contribution in [-0.2, 0) is 4.79 Å². The van der Waals surface area contributed by atoms with Gasteiger partial charge in [-0.3, -0.25) is 14.5 Å². The van der Waals surface area contributed by atoms with Crippen LogP contribution in [0.15, 0.2) is 17.0 Å². The minimum atomic E-state index is -0.372. The van der Waals surface area contributed by atoms with Gasteiger partial charge in [0.2, 0.25) is 0 Å². The van der Waals surface area contributed by atoms with Gasteiger partial charge in [0.05, 0.1) is 27.7 Å². The summed E-state index contributed by atoms with van der Waals surface area (Å²) in [4.78, 5) is 25.6. The van der Waals surface area contributed by atoms with Crippen LogP contribution in [0.4, 0.5) is 4.79 Å². The summed E-state index contributed by atoms with van der Waals surface area (Å²) in [6, 6.07) is 3.69. The van der Waals surface area contributed by atoms with Crippen molar-refractivity contribution in [3.05, 3.63) is 26.2 Å². The molecule has 132 valence electrons. The van der Waals surface area contributed by atoms with Crippen LogP contribution in [0.25, 0.3) is 6.08 Å². The van der Waals surface area contributed by atoms with Gasteiger partial charge in [-0.05, 0) is 78.9 Å². The average Bonchev–Trinajstić information content (AvgIpc) is 2.79. The van der Waals surface area contributed by atoms with E-state index in [1.54, 1.807) is 12.1 Å². The Morgan fingerprint density at radius 1 is 1.40 bits per heavy atom. The molecule has 0 unspecified atom stereocenters. The van der Waals surface area contributed by atoms with E-state index in [0.29, 0.717) is 23.0 Å². The van der Waals surface area contributed by atoms with E-state index < -0.39 is 0 Å². The predicted molar refractivity (Wildman–Crippen MR) is 108 cm³/mol. The van der Waals surface area contributed by atoms with Crippen molar-refractivity contribution in [2.24, 2.45) is 0 Å². The molecular weight excluding hydrogens is 453 g/mol. The molecule has 1 aliphatic rings. The van der Waals surface area contributed by atoms with Crippen molar-refractivity contribution in [3.63, 3.8) is 0 Å². The topological polar surface area (TPSA) is 55.8 Å². The second-order valence-corrected chi connectivity index (χ2v) is 7.56. The minimum absolute atomic E-state index is 0.0128. The highest BCUT2D eigenvalue weighted by Gasteiger charge is 2.34. The number of benzene rings is 1. The summed E-state index contributed by atoms with van der Waals surface area (Å²) in [5.41, 5.74) is 0.759. The molecule has 0 atom stereocenters. The number of carbonyl (C=O) groups excluding carboxylic acids is 2. The predicted octanol–water partition coefficient (Wildman–Crippen LogP) is 4.15. The van der Waals surface area contributed by atoms with Gasteiger partial charge in [-0.1, -0.05) is 5.92 Å². The second kappa shape index (κ2) is 8.63. The quantitative estimate of drug-likeness (QED) is 0.355. The molecule has 1 heterocycles. The molecule has 1 saturated heterocycles. The largest absolute Gasteiger partial charge is 0.490 e. The van der Waals surface area contributed by atoms with E-state index in [2.05, 4.69) is 28.5 Å². The lowest BCUT2D eigenvalue weighted by molar-refractivity contribution is -0.122. The molecule has 1 fully saturated rings. The van der Waals surface area contributed by atoms with Gasteiger partial charge < -0.3 is 9.47 Å². The number of halogens is 1. The molecule has 2 amide bonds. The van der Waals surface area contributed by atoms with Crippen LogP contribution in [0.3, 0.4) is 0 Å². The molecule has 0 aliphatic carbocycles. The Bertz CT molecular complexity index is 767. The Morgan fingerprint density at radius 2 is 2.12 bits per heavy atom. The van der Waals surface area contributed by atoms with Gasteiger partial charge in [-0.15, -0.1) is 6.42 Å². The van der Waals surface area contributed by atoms with Crippen molar-refractivity contribution in [2.45, 2.75) is 26.9 Å². The fourth-order valence-corrected chi connectivity index (χ4v) is 3.75. The molecule has 0 radical (unpaired) electrons. The fraction of sp³-hybridized carbons (Fsp3) is 0.333. The molecule has 1 aliphatic heterocycles. The first-order valence-corrected chi connectivity index (χ1v) is 9.58. The summed E-state index contributed by atoms with van der Waals surface area (Å²) in [6.45, 7) is 6.25. The van der Waals surface area contributed by atoms with E-state index in [0.717, 1.165) is 25.8 Å². The first kappa shape index (κ1) is 19.7. The number of imide groups is 1. The molecule has 2 rings (SSSR count). The lowest BCUT2D eigenvalue weighted by Crippen LogP contribution is -2.28. The molecular formula is C18H18INO4S. The van der Waals surface area contributed by atoms with E-state index in [-0.39, 0.29) is 23.8 Å². The zero-order valence-electron chi connectivity index (χ0n) is 14.2. The number of ether oxygens (including phenoxy) is 2. The Morgan fingerprint density at radius 3 is 2.72 bits per heavy atom. The third-order valence-corrected chi connectivity index (χ3v) is 4.81. The molecule has 0 N–H and O–H groups in total. The number of hydrogen-bond acceptors (Lipinski definition) is 5. The molecule has 25 heavy (non-hydrogen) atoms. The van der Waals surface area contributed by atoms with Crippen LogP contribution in [-0.4, -0.2) is 35.3 Å². The number of nitrogens with zero attached hydrogens (tertiary/aromatic N) is 1. The number of rotatable bonds is 6. The maximum atomic E-state index is 12.3. The zero-order chi connectivity index (χ0) is 18.6. The number of carbonyl (C=O) groups is 2. The number of hydrogen-bond donors (Lipinski definition) is 0. The molecule has 0 bridgehead atoms. The summed E-state index contributed by atoms with van der Waals surface area (Å²) in [5, 5.41) is -0.353. The van der Waals surface area contributed by atoms with Gasteiger partial charge in [0.1, 0.15) is 0 Å². The first-order chi connectivity index (χ1) is 11.9. The van der Waals surface area contributed by atoms with E-state index in [1.807, 2.05) is 26.8 Å². The lowest BCUT2D eigenvalue weighted by Gasteiger charge is -2.17. The van der Waals surface area contributed by atoms with E-state index in [4.69, 9.17) is 15.9 Å². The molecule has 7 heteroatoms. The highest BCUT2D eigenvalue weighted by molar-refractivity contribution is 14.1. The van der Waals surface area contributed by atoms with Crippen LogP contribution in [0.2, 0.25) is 0 Å². The third kappa shape index (κ3) is 4.70. The smallest absolute Gasteiger partial charge is 0.294 e. The molecule has 0 saturated carbocycles. The maximum absolute atomic E-state index is 12.3. The summed E-state index contributed by atoms with van der Waals surface area (Å²) >= 11 is 3.05. The Kier molecular flexibility index (Phi) is 6.79. The summed E-state index contributed by atoms with van der Waals surface area (Å²) in [5.74, 6) is 3.23. The van der Waals surface area contributed by atoms with E-state index in [9.17, 15) is 9.59 Å². The Hall–Kier alpha value is -1.66. The number of thioether (sulfide) groups is 1. The highest BCUT2D eigenvalue weighted by Crippen LogP contribution is 2.37. The zero-order valence-corrected chi connectivity index (χ0v) is 17.1. The first-order valence-electron chi connectivity index (χ1n) is 7.69. The highest BCUT2D eigenvalue weighted by atomic mass is 127. The molecule has 1 aromatic carbocycles. The van der Waals surface area contributed by atoms with Gasteiger partial charge in [-0.2, -0.15) is 0 Å². The van der Waals surface area contributed by atoms with Crippen LogP contribution in [0.1, 0.15) is 26.3 Å². The van der Waals surface area contributed by atoms with Crippen molar-refractivity contribution in [1.82, 2.24) is 4.90 Å².